The Morgan fingerprint density at radius 1 is 1.19 bits per heavy atom. The summed E-state index contributed by atoms with van der Waals surface area (Å²) in [5, 5.41) is 2.73. The van der Waals surface area contributed by atoms with Crippen molar-refractivity contribution in [2.24, 2.45) is 0 Å². The quantitative estimate of drug-likeness (QED) is 0.484. The molecule has 0 heterocycles. The molecular formula is C17H22ClNO7. The Hall–Kier alpha value is -2.48. The van der Waals surface area contributed by atoms with E-state index in [0.29, 0.717) is 24.5 Å². The normalized spacial score (nSPS) is 10.0. The fourth-order valence-electron chi connectivity index (χ4n) is 1.95. The summed E-state index contributed by atoms with van der Waals surface area (Å²) in [5.41, 5.74) is 0.133. The number of carbonyl (C=O) groups excluding carboxylic acids is 3. The van der Waals surface area contributed by atoms with Crippen LogP contribution >= 0.6 is 11.6 Å². The first-order chi connectivity index (χ1) is 12.4. The van der Waals surface area contributed by atoms with Crippen LogP contribution in [0.25, 0.3) is 0 Å². The number of rotatable bonds is 10. The van der Waals surface area contributed by atoms with E-state index in [-0.39, 0.29) is 29.5 Å². The van der Waals surface area contributed by atoms with Gasteiger partial charge in [-0.2, -0.15) is 0 Å². The topological polar surface area (TPSA) is 100 Å². The zero-order chi connectivity index (χ0) is 19.5. The second-order valence-electron chi connectivity index (χ2n) is 5.03. The van der Waals surface area contributed by atoms with Crippen molar-refractivity contribution in [1.82, 2.24) is 5.32 Å². The number of hydrogen-bond donors (Lipinski definition) is 1. The SMILES string of the molecule is CCOc1c(Cl)cc(C(=O)OCC(=O)NCCCC(=O)OC)cc1OC. The van der Waals surface area contributed by atoms with E-state index >= 15 is 0 Å². The molecule has 0 fully saturated rings. The van der Waals surface area contributed by atoms with Crippen LogP contribution in [0.2, 0.25) is 5.02 Å². The first-order valence-electron chi connectivity index (χ1n) is 7.93. The molecule has 1 N–H and O–H groups in total. The number of halogens is 1. The summed E-state index contributed by atoms with van der Waals surface area (Å²) in [6.07, 6.45) is 0.624. The molecule has 0 aliphatic rings. The van der Waals surface area contributed by atoms with E-state index in [2.05, 4.69) is 10.1 Å². The van der Waals surface area contributed by atoms with Gasteiger partial charge >= 0.3 is 11.9 Å². The number of hydrogen-bond acceptors (Lipinski definition) is 7. The van der Waals surface area contributed by atoms with Gasteiger partial charge in [0.05, 0.1) is 31.4 Å². The number of methoxy groups -OCH3 is 2. The van der Waals surface area contributed by atoms with E-state index in [1.54, 1.807) is 6.92 Å². The lowest BCUT2D eigenvalue weighted by Gasteiger charge is -2.13. The maximum Gasteiger partial charge on any atom is 0.338 e. The van der Waals surface area contributed by atoms with E-state index in [1.165, 1.54) is 26.4 Å². The van der Waals surface area contributed by atoms with Crippen molar-refractivity contribution in [2.75, 3.05) is 34.0 Å². The molecule has 0 aromatic heterocycles. The Balaban J connectivity index is 2.53. The Kier molecular flexibility index (Phi) is 9.29. The molecule has 9 heteroatoms. The van der Waals surface area contributed by atoms with Crippen molar-refractivity contribution >= 4 is 29.4 Å². The molecule has 0 unspecified atom stereocenters. The van der Waals surface area contributed by atoms with Gasteiger partial charge in [-0.1, -0.05) is 11.6 Å². The van der Waals surface area contributed by atoms with Gasteiger partial charge in [0.1, 0.15) is 0 Å². The monoisotopic (exact) mass is 387 g/mol. The van der Waals surface area contributed by atoms with E-state index in [1.807, 2.05) is 0 Å². The lowest BCUT2D eigenvalue weighted by Crippen LogP contribution is -2.30. The Labute approximate surface area is 156 Å². The van der Waals surface area contributed by atoms with Gasteiger partial charge in [-0.3, -0.25) is 9.59 Å². The van der Waals surface area contributed by atoms with Gasteiger partial charge in [0.2, 0.25) is 0 Å². The number of benzene rings is 1. The van der Waals surface area contributed by atoms with Crippen molar-refractivity contribution in [3.63, 3.8) is 0 Å². The lowest BCUT2D eigenvalue weighted by atomic mass is 10.2. The summed E-state index contributed by atoms with van der Waals surface area (Å²) in [5.74, 6) is -0.938. The van der Waals surface area contributed by atoms with Crippen LogP contribution in [0.5, 0.6) is 11.5 Å². The maximum atomic E-state index is 12.1. The molecule has 0 aliphatic heterocycles. The van der Waals surface area contributed by atoms with Crippen LogP contribution in [0.4, 0.5) is 0 Å². The molecule has 1 amide bonds. The van der Waals surface area contributed by atoms with Gasteiger partial charge in [-0.05, 0) is 25.5 Å². The minimum atomic E-state index is -0.724. The molecule has 8 nitrogen and oxygen atoms in total. The number of amides is 1. The Morgan fingerprint density at radius 3 is 2.54 bits per heavy atom. The molecule has 1 aromatic carbocycles. The van der Waals surface area contributed by atoms with Gasteiger partial charge < -0.3 is 24.3 Å². The zero-order valence-electron chi connectivity index (χ0n) is 14.9. The van der Waals surface area contributed by atoms with Gasteiger partial charge in [-0.15, -0.1) is 0 Å². The van der Waals surface area contributed by atoms with Crippen molar-refractivity contribution in [1.29, 1.82) is 0 Å². The fraction of sp³-hybridized carbons (Fsp3) is 0.471. The summed E-state index contributed by atoms with van der Waals surface area (Å²) >= 11 is 6.09. The number of esters is 2. The van der Waals surface area contributed by atoms with Gasteiger partial charge in [0.25, 0.3) is 5.91 Å². The molecule has 26 heavy (non-hydrogen) atoms. The van der Waals surface area contributed by atoms with Crippen LogP contribution in [0, 0.1) is 0 Å². The summed E-state index contributed by atoms with van der Waals surface area (Å²) < 4.78 is 20.0. The van der Waals surface area contributed by atoms with Crippen LogP contribution in [0.1, 0.15) is 30.1 Å². The third-order valence-corrected chi connectivity index (χ3v) is 3.48. The highest BCUT2D eigenvalue weighted by Crippen LogP contribution is 2.36. The first-order valence-corrected chi connectivity index (χ1v) is 8.31. The highest BCUT2D eigenvalue weighted by atomic mass is 35.5. The average molecular weight is 388 g/mol. The molecule has 0 radical (unpaired) electrons. The van der Waals surface area contributed by atoms with Crippen LogP contribution in [0.3, 0.4) is 0 Å². The summed E-state index contributed by atoms with van der Waals surface area (Å²) in [4.78, 5) is 34.7. The molecule has 0 aliphatic carbocycles. The van der Waals surface area contributed by atoms with E-state index in [0.717, 1.165) is 0 Å². The number of carbonyl (C=O) groups is 3. The maximum absolute atomic E-state index is 12.1. The van der Waals surface area contributed by atoms with Gasteiger partial charge in [0, 0.05) is 13.0 Å². The van der Waals surface area contributed by atoms with Gasteiger partial charge in [-0.25, -0.2) is 4.79 Å². The molecule has 1 rings (SSSR count). The van der Waals surface area contributed by atoms with E-state index < -0.39 is 18.5 Å². The third-order valence-electron chi connectivity index (χ3n) is 3.20. The molecule has 1 aromatic rings. The summed E-state index contributed by atoms with van der Waals surface area (Å²) in [7, 11) is 2.72. The Morgan fingerprint density at radius 2 is 1.92 bits per heavy atom. The lowest BCUT2D eigenvalue weighted by molar-refractivity contribution is -0.140. The summed E-state index contributed by atoms with van der Waals surface area (Å²) in [6, 6.07) is 2.80. The van der Waals surface area contributed by atoms with E-state index in [4.69, 9.17) is 25.8 Å². The largest absolute Gasteiger partial charge is 0.493 e. The third kappa shape index (κ3) is 6.79. The van der Waals surface area contributed by atoms with Gasteiger partial charge in [0.15, 0.2) is 18.1 Å². The van der Waals surface area contributed by atoms with Crippen LogP contribution in [-0.4, -0.2) is 51.8 Å². The van der Waals surface area contributed by atoms with Crippen molar-refractivity contribution < 1.29 is 33.3 Å². The highest BCUT2D eigenvalue weighted by molar-refractivity contribution is 6.32. The minimum absolute atomic E-state index is 0.133. The predicted octanol–water partition coefficient (Wildman–Crippen LogP) is 1.97. The second-order valence-corrected chi connectivity index (χ2v) is 5.44. The molecule has 0 spiro atoms. The molecule has 0 bridgehead atoms. The number of ether oxygens (including phenoxy) is 4. The van der Waals surface area contributed by atoms with E-state index in [9.17, 15) is 14.4 Å². The molecular weight excluding hydrogens is 366 g/mol. The molecule has 0 atom stereocenters. The van der Waals surface area contributed by atoms with Crippen molar-refractivity contribution in [3.8, 4) is 11.5 Å². The van der Waals surface area contributed by atoms with Crippen LogP contribution in [0.15, 0.2) is 12.1 Å². The highest BCUT2D eigenvalue weighted by Gasteiger charge is 2.17. The number of nitrogens with one attached hydrogen (secondary N) is 1. The van der Waals surface area contributed by atoms with Crippen molar-refractivity contribution in [2.45, 2.75) is 19.8 Å². The molecule has 0 saturated heterocycles. The average Bonchev–Trinajstić information content (AvgIpc) is 2.64. The Bertz CT molecular complexity index is 648. The molecule has 0 saturated carbocycles. The van der Waals surface area contributed by atoms with Crippen LogP contribution < -0.4 is 14.8 Å². The fourth-order valence-corrected chi connectivity index (χ4v) is 2.22. The predicted molar refractivity (Wildman–Crippen MR) is 93.7 cm³/mol. The standard InChI is InChI=1S/C17H22ClNO7/c1-4-25-16-12(18)8-11(9-13(16)23-2)17(22)26-10-14(20)19-7-5-6-15(21)24-3/h8-9H,4-7,10H2,1-3H3,(H,19,20). The minimum Gasteiger partial charge on any atom is -0.493 e. The first kappa shape index (κ1) is 21.6. The zero-order valence-corrected chi connectivity index (χ0v) is 15.7. The van der Waals surface area contributed by atoms with Crippen LogP contribution in [-0.2, 0) is 19.1 Å². The molecule has 144 valence electrons. The van der Waals surface area contributed by atoms with Crippen molar-refractivity contribution in [3.05, 3.63) is 22.7 Å². The smallest absolute Gasteiger partial charge is 0.338 e. The second kappa shape index (κ2) is 11.2. The summed E-state index contributed by atoms with van der Waals surface area (Å²) in [6.45, 7) is 2.00.